The third-order valence-electron chi connectivity index (χ3n) is 4.55. The Kier molecular flexibility index (Phi) is 3.73. The summed E-state index contributed by atoms with van der Waals surface area (Å²) in [6, 6.07) is 1.31. The Hall–Kier alpha value is -1.10. The summed E-state index contributed by atoms with van der Waals surface area (Å²) in [4.78, 5) is 4.77. The molecule has 19 heavy (non-hydrogen) atoms. The van der Waals surface area contributed by atoms with Crippen LogP contribution < -0.4 is 4.90 Å². The predicted molar refractivity (Wildman–Crippen MR) is 73.9 cm³/mol. The molecule has 0 unspecified atom stereocenters. The van der Waals surface area contributed by atoms with Crippen molar-refractivity contribution in [2.45, 2.75) is 38.6 Å². The van der Waals surface area contributed by atoms with E-state index in [-0.39, 0.29) is 0 Å². The monoisotopic (exact) mass is 263 g/mol. The lowest BCUT2D eigenvalue weighted by atomic mass is 9.88. The molecule has 1 atom stereocenters. The first-order valence-corrected chi connectivity index (χ1v) is 7.36. The van der Waals surface area contributed by atoms with Crippen molar-refractivity contribution in [2.24, 2.45) is 5.92 Å². The molecule has 5 heteroatoms. The maximum atomic E-state index is 5.61. The number of nitrogens with zero attached hydrogens (tertiary/aromatic N) is 4. The molecule has 0 bridgehead atoms. The maximum Gasteiger partial charge on any atom is 0.318 e. The molecule has 0 spiro atoms. The molecule has 1 aromatic heterocycles. The summed E-state index contributed by atoms with van der Waals surface area (Å²) >= 11 is 0. The molecular formula is C14H23N4O. The van der Waals surface area contributed by atoms with Crippen molar-refractivity contribution in [1.82, 2.24) is 15.1 Å². The molecule has 2 fully saturated rings. The van der Waals surface area contributed by atoms with Crippen molar-refractivity contribution < 1.29 is 4.42 Å². The molecular weight excluding hydrogens is 240 g/mol. The lowest BCUT2D eigenvalue weighted by Gasteiger charge is -2.37. The molecule has 0 amide bonds. The SMILES string of the molecule is [CH2]CN1CCC([C@@H]2CCCN2c2nnc(C)o2)CC1. The Balaban J connectivity index is 1.67. The second kappa shape index (κ2) is 5.49. The van der Waals surface area contributed by atoms with Crippen LogP contribution in [0.2, 0.25) is 0 Å². The van der Waals surface area contributed by atoms with Crippen LogP contribution in [0.25, 0.3) is 0 Å². The van der Waals surface area contributed by atoms with Crippen LogP contribution in [0, 0.1) is 19.8 Å². The summed E-state index contributed by atoms with van der Waals surface area (Å²) in [5.74, 6) is 1.42. The van der Waals surface area contributed by atoms with E-state index >= 15 is 0 Å². The summed E-state index contributed by atoms with van der Waals surface area (Å²) in [7, 11) is 0. The van der Waals surface area contributed by atoms with Gasteiger partial charge in [-0.1, -0.05) is 5.10 Å². The second-order valence-electron chi connectivity index (χ2n) is 5.69. The van der Waals surface area contributed by atoms with E-state index in [1.807, 2.05) is 6.92 Å². The van der Waals surface area contributed by atoms with Crippen LogP contribution in [0.4, 0.5) is 6.01 Å². The van der Waals surface area contributed by atoms with E-state index in [0.717, 1.165) is 25.0 Å². The van der Waals surface area contributed by atoms with Gasteiger partial charge in [0.2, 0.25) is 5.89 Å². The smallest absolute Gasteiger partial charge is 0.318 e. The van der Waals surface area contributed by atoms with Crippen molar-refractivity contribution in [2.75, 3.05) is 31.1 Å². The summed E-state index contributed by atoms with van der Waals surface area (Å²) in [5, 5.41) is 8.15. The third kappa shape index (κ3) is 2.61. The quantitative estimate of drug-likeness (QED) is 0.833. The predicted octanol–water partition coefficient (Wildman–Crippen LogP) is 1.89. The van der Waals surface area contributed by atoms with Gasteiger partial charge in [-0.15, -0.1) is 5.10 Å². The van der Waals surface area contributed by atoms with Gasteiger partial charge in [-0.2, -0.15) is 0 Å². The van der Waals surface area contributed by atoms with Crippen molar-refractivity contribution in [1.29, 1.82) is 0 Å². The normalized spacial score (nSPS) is 26.2. The van der Waals surface area contributed by atoms with E-state index in [1.165, 1.54) is 38.8 Å². The summed E-state index contributed by atoms with van der Waals surface area (Å²) in [6.45, 7) is 10.2. The van der Waals surface area contributed by atoms with Gasteiger partial charge >= 0.3 is 6.01 Å². The number of hydrogen-bond acceptors (Lipinski definition) is 5. The van der Waals surface area contributed by atoms with Gasteiger partial charge in [0.15, 0.2) is 0 Å². The molecule has 105 valence electrons. The molecule has 3 heterocycles. The number of hydrogen-bond donors (Lipinski definition) is 0. The minimum atomic E-state index is 0.590. The van der Waals surface area contributed by atoms with E-state index in [1.54, 1.807) is 0 Å². The Morgan fingerprint density at radius 1 is 1.21 bits per heavy atom. The standard InChI is InChI=1S/C14H23N4O/c1-3-17-9-6-12(7-10-17)13-5-4-8-18(13)14-16-15-11(2)19-14/h12-13H,1,3-10H2,2H3/t13-/m0/s1. The van der Waals surface area contributed by atoms with Crippen molar-refractivity contribution >= 4 is 6.01 Å². The van der Waals surface area contributed by atoms with Crippen LogP contribution in [0.3, 0.4) is 0 Å². The molecule has 0 aliphatic carbocycles. The number of rotatable bonds is 3. The summed E-state index contributed by atoms with van der Waals surface area (Å²) in [5.41, 5.74) is 0. The van der Waals surface area contributed by atoms with Crippen LogP contribution in [0.5, 0.6) is 0 Å². The highest BCUT2D eigenvalue weighted by atomic mass is 16.4. The van der Waals surface area contributed by atoms with E-state index in [4.69, 9.17) is 4.42 Å². The number of anilines is 1. The Bertz CT molecular complexity index is 411. The Morgan fingerprint density at radius 2 is 2.00 bits per heavy atom. The molecule has 1 aromatic rings. The Morgan fingerprint density at radius 3 is 2.63 bits per heavy atom. The highest BCUT2D eigenvalue weighted by Gasteiger charge is 2.35. The fourth-order valence-electron chi connectivity index (χ4n) is 3.48. The molecule has 1 radical (unpaired) electrons. The first-order valence-electron chi connectivity index (χ1n) is 7.36. The van der Waals surface area contributed by atoms with Crippen molar-refractivity contribution in [3.05, 3.63) is 12.8 Å². The van der Waals surface area contributed by atoms with Gasteiger partial charge < -0.3 is 14.2 Å². The minimum Gasteiger partial charge on any atom is -0.408 e. The second-order valence-corrected chi connectivity index (χ2v) is 5.69. The van der Waals surface area contributed by atoms with Crippen molar-refractivity contribution in [3.63, 3.8) is 0 Å². The van der Waals surface area contributed by atoms with E-state index in [9.17, 15) is 0 Å². The molecule has 2 aliphatic rings. The average molecular weight is 263 g/mol. The highest BCUT2D eigenvalue weighted by Crippen LogP contribution is 2.33. The number of likely N-dealkylation sites (tertiary alicyclic amines) is 1. The molecule has 5 nitrogen and oxygen atoms in total. The summed E-state index contributed by atoms with van der Waals surface area (Å²) in [6.07, 6.45) is 5.03. The van der Waals surface area contributed by atoms with Gasteiger partial charge in [-0.05, 0) is 58.2 Å². The first-order chi connectivity index (χ1) is 9.28. The lowest BCUT2D eigenvalue weighted by molar-refractivity contribution is 0.181. The zero-order valence-corrected chi connectivity index (χ0v) is 11.7. The van der Waals surface area contributed by atoms with Crippen LogP contribution in [0.15, 0.2) is 4.42 Å². The van der Waals surface area contributed by atoms with Gasteiger partial charge in [-0.25, -0.2) is 0 Å². The number of piperidine rings is 1. The fourth-order valence-corrected chi connectivity index (χ4v) is 3.48. The number of aryl methyl sites for hydroxylation is 1. The number of aromatic nitrogens is 2. The van der Waals surface area contributed by atoms with Gasteiger partial charge in [0.1, 0.15) is 0 Å². The van der Waals surface area contributed by atoms with Crippen LogP contribution >= 0.6 is 0 Å². The van der Waals surface area contributed by atoms with E-state index in [2.05, 4.69) is 26.9 Å². The topological polar surface area (TPSA) is 45.4 Å². The van der Waals surface area contributed by atoms with Gasteiger partial charge in [0, 0.05) is 19.5 Å². The zero-order chi connectivity index (χ0) is 13.2. The van der Waals surface area contributed by atoms with Crippen LogP contribution in [-0.4, -0.2) is 47.3 Å². The molecule has 2 aliphatic heterocycles. The fraction of sp³-hybridized carbons (Fsp3) is 0.786. The highest BCUT2D eigenvalue weighted by molar-refractivity contribution is 5.29. The Labute approximate surface area is 115 Å². The van der Waals surface area contributed by atoms with Gasteiger partial charge in [0.05, 0.1) is 0 Å². The van der Waals surface area contributed by atoms with Crippen LogP contribution in [0.1, 0.15) is 31.6 Å². The van der Waals surface area contributed by atoms with Crippen molar-refractivity contribution in [3.8, 4) is 0 Å². The van der Waals surface area contributed by atoms with Gasteiger partial charge in [-0.3, -0.25) is 0 Å². The summed E-state index contributed by atoms with van der Waals surface area (Å²) < 4.78 is 5.61. The largest absolute Gasteiger partial charge is 0.408 e. The molecule has 0 saturated carbocycles. The molecule has 0 aromatic carbocycles. The lowest BCUT2D eigenvalue weighted by Crippen LogP contribution is -2.42. The van der Waals surface area contributed by atoms with E-state index < -0.39 is 0 Å². The van der Waals surface area contributed by atoms with E-state index in [0.29, 0.717) is 11.9 Å². The minimum absolute atomic E-state index is 0.590. The maximum absolute atomic E-state index is 5.61. The third-order valence-corrected chi connectivity index (χ3v) is 4.55. The molecule has 0 N–H and O–H groups in total. The average Bonchev–Trinajstić information content (AvgIpc) is 3.07. The van der Waals surface area contributed by atoms with Crippen LogP contribution in [-0.2, 0) is 0 Å². The first kappa shape index (κ1) is 12.9. The zero-order valence-electron chi connectivity index (χ0n) is 11.7. The molecule has 2 saturated heterocycles. The molecule has 3 rings (SSSR count). The van der Waals surface area contributed by atoms with Gasteiger partial charge in [0.25, 0.3) is 0 Å².